The first-order valence-electron chi connectivity index (χ1n) is 14.2. The van der Waals surface area contributed by atoms with Crippen molar-refractivity contribution in [2.75, 3.05) is 19.0 Å². The fourth-order valence-corrected chi connectivity index (χ4v) is 5.49. The minimum absolute atomic E-state index is 0.197. The molecule has 3 aromatic carbocycles. The van der Waals surface area contributed by atoms with Crippen LogP contribution in [0.4, 0.5) is 5.82 Å². The average Bonchev–Trinajstić information content (AvgIpc) is 3.64. The van der Waals surface area contributed by atoms with Crippen LogP contribution >= 0.6 is 0 Å². The van der Waals surface area contributed by atoms with Gasteiger partial charge in [-0.3, -0.25) is 0 Å². The topological polar surface area (TPSA) is 103 Å². The molecule has 0 saturated carbocycles. The van der Waals surface area contributed by atoms with E-state index in [0.717, 1.165) is 16.7 Å². The third-order valence-corrected chi connectivity index (χ3v) is 7.59. The molecule has 1 N–H and O–H groups in total. The first-order chi connectivity index (χ1) is 21.2. The molecule has 3 heterocycles. The number of nitrogens with zero attached hydrogens (tertiary/aromatic N) is 4. The Hall–Kier alpha value is -4.59. The molecule has 0 spiro atoms. The molecule has 2 aromatic heterocycles. The summed E-state index contributed by atoms with van der Waals surface area (Å²) in [7, 11) is 1.79. The van der Waals surface area contributed by atoms with Gasteiger partial charge in [0, 0.05) is 7.05 Å². The van der Waals surface area contributed by atoms with E-state index in [0.29, 0.717) is 30.2 Å². The molecule has 0 bridgehead atoms. The van der Waals surface area contributed by atoms with Gasteiger partial charge in [0.2, 0.25) is 5.60 Å². The highest BCUT2D eigenvalue weighted by molar-refractivity contribution is 5.68. The van der Waals surface area contributed by atoms with E-state index in [1.807, 2.05) is 103 Å². The van der Waals surface area contributed by atoms with Crippen molar-refractivity contribution < 1.29 is 18.9 Å². The summed E-state index contributed by atoms with van der Waals surface area (Å²) in [6.07, 6.45) is -0.594. The minimum Gasteiger partial charge on any atom is -0.374 e. The van der Waals surface area contributed by atoms with Gasteiger partial charge < -0.3 is 24.3 Å². The third kappa shape index (κ3) is 6.00. The molecule has 4 atom stereocenters. The highest BCUT2D eigenvalue weighted by Crippen LogP contribution is 2.44. The fourth-order valence-electron chi connectivity index (χ4n) is 5.49. The van der Waals surface area contributed by atoms with Gasteiger partial charge in [-0.2, -0.15) is 10.4 Å². The molecule has 9 nitrogen and oxygen atoms in total. The van der Waals surface area contributed by atoms with Gasteiger partial charge >= 0.3 is 0 Å². The number of nitriles is 1. The summed E-state index contributed by atoms with van der Waals surface area (Å²) in [6, 6.07) is 35.9. The summed E-state index contributed by atoms with van der Waals surface area (Å²) in [5, 5.41) is 18.5. The number of rotatable bonds is 12. The summed E-state index contributed by atoms with van der Waals surface area (Å²) < 4.78 is 27.8. The van der Waals surface area contributed by atoms with E-state index < -0.39 is 23.9 Å². The van der Waals surface area contributed by atoms with Crippen molar-refractivity contribution in [3.05, 3.63) is 132 Å². The number of fused-ring (bicyclic) bond motifs is 1. The fraction of sp³-hybridized carbons (Fsp3) is 0.265. The van der Waals surface area contributed by atoms with Crippen molar-refractivity contribution in [1.29, 1.82) is 5.26 Å². The zero-order valence-electron chi connectivity index (χ0n) is 23.9. The van der Waals surface area contributed by atoms with Crippen molar-refractivity contribution in [3.8, 4) is 6.07 Å². The van der Waals surface area contributed by atoms with Crippen molar-refractivity contribution in [2.45, 2.75) is 43.7 Å². The predicted molar refractivity (Wildman–Crippen MR) is 161 cm³/mol. The van der Waals surface area contributed by atoms with Gasteiger partial charge in [0.05, 0.1) is 32.1 Å². The highest BCUT2D eigenvalue weighted by atomic mass is 16.6. The van der Waals surface area contributed by atoms with Gasteiger partial charge in [0.25, 0.3) is 0 Å². The van der Waals surface area contributed by atoms with Crippen LogP contribution in [0.25, 0.3) is 5.52 Å². The van der Waals surface area contributed by atoms with Crippen LogP contribution in [0.5, 0.6) is 0 Å². The Morgan fingerprint density at radius 1 is 0.837 bits per heavy atom. The summed E-state index contributed by atoms with van der Waals surface area (Å²) in [4.78, 5) is 4.33. The zero-order valence-corrected chi connectivity index (χ0v) is 23.9. The molecule has 218 valence electrons. The molecule has 6 rings (SSSR count). The van der Waals surface area contributed by atoms with Crippen molar-refractivity contribution in [2.24, 2.45) is 0 Å². The average molecular weight is 576 g/mol. The second-order valence-corrected chi connectivity index (χ2v) is 10.4. The number of benzene rings is 3. The van der Waals surface area contributed by atoms with Crippen LogP contribution < -0.4 is 5.32 Å². The number of anilines is 1. The van der Waals surface area contributed by atoms with Crippen LogP contribution in [0.15, 0.2) is 109 Å². The predicted octanol–water partition coefficient (Wildman–Crippen LogP) is 5.28. The van der Waals surface area contributed by atoms with E-state index in [2.05, 4.69) is 21.5 Å². The standard InChI is InChI=1S/C34H33N5O4/c1-36-33-28-17-18-30(39(28)38-24-37-33)34(23-35)32(42-21-27-15-9-4-10-16-27)31(41-20-26-13-7-3-8-14-26)29(43-34)22-40-19-25-11-5-2-6-12-25/h2-18,24,29,31-32H,19-22H2,1H3,(H,36,37,38)/t29-,31-,32-,34?/m1/s1. The summed E-state index contributed by atoms with van der Waals surface area (Å²) in [5.41, 5.74) is 2.70. The number of nitrogens with one attached hydrogen (secondary N) is 1. The smallest absolute Gasteiger partial charge is 0.225 e. The molecule has 1 unspecified atom stereocenters. The summed E-state index contributed by atoms with van der Waals surface area (Å²) >= 11 is 0. The Morgan fingerprint density at radius 3 is 2.05 bits per heavy atom. The van der Waals surface area contributed by atoms with E-state index >= 15 is 0 Å². The van der Waals surface area contributed by atoms with Crippen LogP contribution in [-0.2, 0) is 44.4 Å². The molecule has 1 fully saturated rings. The van der Waals surface area contributed by atoms with Crippen LogP contribution in [0, 0.1) is 11.3 Å². The monoisotopic (exact) mass is 575 g/mol. The zero-order chi connectivity index (χ0) is 29.5. The first-order valence-corrected chi connectivity index (χ1v) is 14.2. The number of hydrogen-bond acceptors (Lipinski definition) is 8. The van der Waals surface area contributed by atoms with Crippen LogP contribution in [0.3, 0.4) is 0 Å². The van der Waals surface area contributed by atoms with E-state index in [4.69, 9.17) is 18.9 Å². The Bertz CT molecular complexity index is 1660. The molecule has 9 heteroatoms. The van der Waals surface area contributed by atoms with E-state index in [1.165, 1.54) is 6.33 Å². The molecule has 0 radical (unpaired) electrons. The van der Waals surface area contributed by atoms with Crippen LogP contribution in [-0.4, -0.2) is 46.6 Å². The quantitative estimate of drug-likeness (QED) is 0.215. The number of hydrogen-bond donors (Lipinski definition) is 1. The lowest BCUT2D eigenvalue weighted by atomic mass is 9.92. The number of ether oxygens (including phenoxy) is 4. The summed E-state index contributed by atoms with van der Waals surface area (Å²) in [6.45, 7) is 1.18. The van der Waals surface area contributed by atoms with Crippen molar-refractivity contribution in [1.82, 2.24) is 14.6 Å². The minimum atomic E-state index is -1.55. The first kappa shape index (κ1) is 28.5. The molecule has 0 aliphatic carbocycles. The molecule has 1 saturated heterocycles. The van der Waals surface area contributed by atoms with Gasteiger partial charge in [-0.25, -0.2) is 9.50 Å². The van der Waals surface area contributed by atoms with Gasteiger partial charge in [0.1, 0.15) is 36.2 Å². The Labute approximate surface area is 250 Å². The Balaban J connectivity index is 1.38. The molecule has 1 aliphatic heterocycles. The molecular weight excluding hydrogens is 542 g/mol. The summed E-state index contributed by atoms with van der Waals surface area (Å²) in [5.74, 6) is 0.633. The molecule has 0 amide bonds. The second kappa shape index (κ2) is 13.2. The lowest BCUT2D eigenvalue weighted by Crippen LogP contribution is -2.44. The van der Waals surface area contributed by atoms with Gasteiger partial charge in [-0.15, -0.1) is 0 Å². The molecule has 1 aliphatic rings. The van der Waals surface area contributed by atoms with Gasteiger partial charge in [-0.05, 0) is 28.8 Å². The maximum atomic E-state index is 10.9. The maximum Gasteiger partial charge on any atom is 0.225 e. The van der Waals surface area contributed by atoms with Crippen LogP contribution in [0.1, 0.15) is 22.4 Å². The SMILES string of the molecule is CNc1ncnn2c(C3(C#N)O[C@H](COCc4ccccc4)[C@@H](OCc4ccccc4)[C@H]3OCc3ccccc3)ccc12. The van der Waals surface area contributed by atoms with Crippen molar-refractivity contribution >= 4 is 11.3 Å². The molecule has 43 heavy (non-hydrogen) atoms. The molecular formula is C34H33N5O4. The lowest BCUT2D eigenvalue weighted by molar-refractivity contribution is -0.0971. The van der Waals surface area contributed by atoms with Crippen molar-refractivity contribution in [3.63, 3.8) is 0 Å². The molecule has 5 aromatic rings. The second-order valence-electron chi connectivity index (χ2n) is 10.4. The Morgan fingerprint density at radius 2 is 1.44 bits per heavy atom. The van der Waals surface area contributed by atoms with Gasteiger partial charge in [-0.1, -0.05) is 91.0 Å². The third-order valence-electron chi connectivity index (χ3n) is 7.59. The van der Waals surface area contributed by atoms with E-state index in [9.17, 15) is 5.26 Å². The maximum absolute atomic E-state index is 10.9. The van der Waals surface area contributed by atoms with Crippen LogP contribution in [0.2, 0.25) is 0 Å². The largest absolute Gasteiger partial charge is 0.374 e. The highest BCUT2D eigenvalue weighted by Gasteiger charge is 2.60. The normalized spacial score (nSPS) is 21.5. The number of aromatic nitrogens is 3. The lowest BCUT2D eigenvalue weighted by Gasteiger charge is -2.29. The van der Waals surface area contributed by atoms with Gasteiger partial charge in [0.15, 0.2) is 5.82 Å². The Kier molecular flexibility index (Phi) is 8.72. The van der Waals surface area contributed by atoms with E-state index in [-0.39, 0.29) is 13.2 Å². The van der Waals surface area contributed by atoms with E-state index in [1.54, 1.807) is 11.6 Å².